The maximum absolute atomic E-state index is 5.95. The summed E-state index contributed by atoms with van der Waals surface area (Å²) >= 11 is 0. The molecular weight excluding hydrogens is 224 g/mol. The summed E-state index contributed by atoms with van der Waals surface area (Å²) in [4.78, 5) is 2.61. The number of nitrogens with one attached hydrogen (secondary N) is 1. The molecule has 0 aliphatic carbocycles. The SMILES string of the molecule is CNC1c2ccccc2OCC1N1CCCC1C. The zero-order valence-electron chi connectivity index (χ0n) is 11.2. The normalized spacial score (nSPS) is 32.0. The molecule has 1 aromatic carbocycles. The second kappa shape index (κ2) is 4.90. The highest BCUT2D eigenvalue weighted by atomic mass is 16.5. The second-order valence-corrected chi connectivity index (χ2v) is 5.41. The molecule has 1 N–H and O–H groups in total. The van der Waals surface area contributed by atoms with Crippen LogP contribution in [0.3, 0.4) is 0 Å². The van der Waals surface area contributed by atoms with Gasteiger partial charge in [0.2, 0.25) is 0 Å². The summed E-state index contributed by atoms with van der Waals surface area (Å²) in [5, 5.41) is 3.49. The van der Waals surface area contributed by atoms with Crippen LogP contribution in [0.25, 0.3) is 0 Å². The van der Waals surface area contributed by atoms with Crippen molar-refractivity contribution in [3.8, 4) is 5.75 Å². The summed E-state index contributed by atoms with van der Waals surface area (Å²) < 4.78 is 5.95. The fourth-order valence-corrected chi connectivity index (χ4v) is 3.43. The van der Waals surface area contributed by atoms with Crippen LogP contribution in [-0.2, 0) is 0 Å². The van der Waals surface area contributed by atoms with Gasteiger partial charge in [-0.2, -0.15) is 0 Å². The van der Waals surface area contributed by atoms with E-state index in [0.717, 1.165) is 12.4 Å². The van der Waals surface area contributed by atoms with E-state index >= 15 is 0 Å². The molecule has 3 unspecified atom stereocenters. The van der Waals surface area contributed by atoms with Gasteiger partial charge >= 0.3 is 0 Å². The van der Waals surface area contributed by atoms with Crippen LogP contribution in [0, 0.1) is 0 Å². The Labute approximate surface area is 109 Å². The van der Waals surface area contributed by atoms with E-state index in [4.69, 9.17) is 4.74 Å². The first-order chi connectivity index (χ1) is 8.81. The fourth-order valence-electron chi connectivity index (χ4n) is 3.43. The van der Waals surface area contributed by atoms with E-state index in [1.807, 2.05) is 6.07 Å². The molecule has 1 aromatic rings. The number of ether oxygens (including phenoxy) is 1. The summed E-state index contributed by atoms with van der Waals surface area (Å²) in [6, 6.07) is 9.93. The molecule has 0 amide bonds. The van der Waals surface area contributed by atoms with E-state index in [-0.39, 0.29) is 0 Å². The number of likely N-dealkylation sites (N-methyl/N-ethyl adjacent to an activating group) is 1. The third-order valence-electron chi connectivity index (χ3n) is 4.39. The number of hydrogen-bond donors (Lipinski definition) is 1. The van der Waals surface area contributed by atoms with E-state index in [0.29, 0.717) is 18.1 Å². The van der Waals surface area contributed by atoms with E-state index in [1.165, 1.54) is 24.9 Å². The van der Waals surface area contributed by atoms with Crippen LogP contribution in [0.5, 0.6) is 5.75 Å². The molecule has 2 aliphatic heterocycles. The first kappa shape index (κ1) is 12.0. The van der Waals surface area contributed by atoms with Crippen molar-refractivity contribution >= 4 is 0 Å². The summed E-state index contributed by atoms with van der Waals surface area (Å²) in [5.74, 6) is 1.04. The minimum atomic E-state index is 0.385. The molecule has 0 spiro atoms. The maximum Gasteiger partial charge on any atom is 0.124 e. The largest absolute Gasteiger partial charge is 0.492 e. The third-order valence-corrected chi connectivity index (χ3v) is 4.39. The molecule has 98 valence electrons. The van der Waals surface area contributed by atoms with Gasteiger partial charge in [-0.3, -0.25) is 4.90 Å². The van der Waals surface area contributed by atoms with Gasteiger partial charge in [0, 0.05) is 11.6 Å². The molecular formula is C15H22N2O. The number of para-hydroxylation sites is 1. The Kier molecular flexibility index (Phi) is 3.27. The standard InChI is InChI=1S/C15H22N2O/c1-11-6-5-9-17(11)13-10-18-14-8-4-3-7-12(14)15(13)16-2/h3-4,7-8,11,13,15-16H,5-6,9-10H2,1-2H3. The molecule has 3 rings (SSSR count). The molecule has 0 radical (unpaired) electrons. The van der Waals surface area contributed by atoms with Gasteiger partial charge in [0.15, 0.2) is 0 Å². The topological polar surface area (TPSA) is 24.5 Å². The average molecular weight is 246 g/mol. The Morgan fingerprint density at radius 1 is 1.33 bits per heavy atom. The average Bonchev–Trinajstić information content (AvgIpc) is 2.83. The molecule has 3 heteroatoms. The van der Waals surface area contributed by atoms with Gasteiger partial charge in [0.05, 0.1) is 12.1 Å². The van der Waals surface area contributed by atoms with Crippen LogP contribution in [0.15, 0.2) is 24.3 Å². The minimum Gasteiger partial charge on any atom is -0.492 e. The van der Waals surface area contributed by atoms with Crippen molar-refractivity contribution in [2.45, 2.75) is 37.9 Å². The Morgan fingerprint density at radius 2 is 2.17 bits per heavy atom. The van der Waals surface area contributed by atoms with Crippen LogP contribution < -0.4 is 10.1 Å². The number of hydrogen-bond acceptors (Lipinski definition) is 3. The lowest BCUT2D eigenvalue weighted by Crippen LogP contribution is -2.50. The van der Waals surface area contributed by atoms with Gasteiger partial charge in [-0.1, -0.05) is 18.2 Å². The number of benzene rings is 1. The van der Waals surface area contributed by atoms with Crippen molar-refractivity contribution in [3.05, 3.63) is 29.8 Å². The number of fused-ring (bicyclic) bond motifs is 1. The highest BCUT2D eigenvalue weighted by Gasteiger charge is 2.37. The van der Waals surface area contributed by atoms with E-state index in [2.05, 4.69) is 42.4 Å². The quantitative estimate of drug-likeness (QED) is 0.865. The van der Waals surface area contributed by atoms with Gasteiger partial charge in [-0.25, -0.2) is 0 Å². The highest BCUT2D eigenvalue weighted by molar-refractivity contribution is 5.38. The van der Waals surface area contributed by atoms with Crippen LogP contribution >= 0.6 is 0 Å². The van der Waals surface area contributed by atoms with Crippen molar-refractivity contribution < 1.29 is 4.74 Å². The van der Waals surface area contributed by atoms with Crippen molar-refractivity contribution in [2.75, 3.05) is 20.2 Å². The van der Waals surface area contributed by atoms with Gasteiger partial charge in [-0.15, -0.1) is 0 Å². The monoisotopic (exact) mass is 246 g/mol. The summed E-state index contributed by atoms with van der Waals surface area (Å²) in [7, 11) is 2.06. The van der Waals surface area contributed by atoms with Crippen molar-refractivity contribution in [1.82, 2.24) is 10.2 Å². The Hall–Kier alpha value is -1.06. The molecule has 0 aromatic heterocycles. The Bertz CT molecular complexity index is 421. The van der Waals surface area contributed by atoms with Gasteiger partial charge in [0.1, 0.15) is 12.4 Å². The smallest absolute Gasteiger partial charge is 0.124 e. The van der Waals surface area contributed by atoms with Crippen LogP contribution in [0.4, 0.5) is 0 Å². The van der Waals surface area contributed by atoms with Gasteiger partial charge in [0.25, 0.3) is 0 Å². The summed E-state index contributed by atoms with van der Waals surface area (Å²) in [6.07, 6.45) is 2.63. The van der Waals surface area contributed by atoms with E-state index in [1.54, 1.807) is 0 Å². The number of likely N-dealkylation sites (tertiary alicyclic amines) is 1. The lowest BCUT2D eigenvalue weighted by molar-refractivity contribution is 0.0835. The lowest BCUT2D eigenvalue weighted by Gasteiger charge is -2.40. The maximum atomic E-state index is 5.95. The zero-order valence-corrected chi connectivity index (χ0v) is 11.2. The Morgan fingerprint density at radius 3 is 2.89 bits per heavy atom. The molecule has 0 saturated carbocycles. The fraction of sp³-hybridized carbons (Fsp3) is 0.600. The second-order valence-electron chi connectivity index (χ2n) is 5.41. The minimum absolute atomic E-state index is 0.385. The van der Waals surface area contributed by atoms with E-state index in [9.17, 15) is 0 Å². The third kappa shape index (κ3) is 1.91. The van der Waals surface area contributed by atoms with E-state index < -0.39 is 0 Å². The van der Waals surface area contributed by atoms with Crippen molar-refractivity contribution in [3.63, 3.8) is 0 Å². The van der Waals surface area contributed by atoms with Crippen LogP contribution in [0.2, 0.25) is 0 Å². The first-order valence-electron chi connectivity index (χ1n) is 6.96. The summed E-state index contributed by atoms with van der Waals surface area (Å²) in [5.41, 5.74) is 1.30. The zero-order chi connectivity index (χ0) is 12.5. The molecule has 1 fully saturated rings. The molecule has 3 nitrogen and oxygen atoms in total. The molecule has 0 bridgehead atoms. The summed E-state index contributed by atoms with van der Waals surface area (Å²) in [6.45, 7) is 4.34. The van der Waals surface area contributed by atoms with Crippen molar-refractivity contribution in [1.29, 1.82) is 0 Å². The molecule has 3 atom stereocenters. The number of rotatable bonds is 2. The van der Waals surface area contributed by atoms with Gasteiger partial charge < -0.3 is 10.1 Å². The predicted molar refractivity (Wildman–Crippen MR) is 72.9 cm³/mol. The van der Waals surface area contributed by atoms with Crippen molar-refractivity contribution in [2.24, 2.45) is 0 Å². The molecule has 2 aliphatic rings. The van der Waals surface area contributed by atoms with Crippen LogP contribution in [0.1, 0.15) is 31.4 Å². The number of nitrogens with zero attached hydrogens (tertiary/aromatic N) is 1. The molecule has 1 saturated heterocycles. The van der Waals surface area contributed by atoms with Gasteiger partial charge in [-0.05, 0) is 39.4 Å². The predicted octanol–water partition coefficient (Wildman–Crippen LogP) is 2.19. The highest BCUT2D eigenvalue weighted by Crippen LogP contribution is 2.36. The lowest BCUT2D eigenvalue weighted by atomic mass is 9.95. The Balaban J connectivity index is 1.89. The molecule has 2 heterocycles. The molecule has 18 heavy (non-hydrogen) atoms. The first-order valence-corrected chi connectivity index (χ1v) is 6.96. The van der Waals surface area contributed by atoms with Crippen LogP contribution in [-0.4, -0.2) is 37.2 Å².